The van der Waals surface area contributed by atoms with Gasteiger partial charge in [-0.3, -0.25) is 14.6 Å². The molecule has 5 nitrogen and oxygen atoms in total. The summed E-state index contributed by atoms with van der Waals surface area (Å²) in [7, 11) is 0. The Morgan fingerprint density at radius 2 is 1.89 bits per heavy atom. The van der Waals surface area contributed by atoms with Gasteiger partial charge in [0.1, 0.15) is 0 Å². The molecule has 2 aromatic rings. The maximum Gasteiger partial charge on any atom is 0.255 e. The fourth-order valence-electron chi connectivity index (χ4n) is 4.40. The van der Waals surface area contributed by atoms with Gasteiger partial charge in [0.15, 0.2) is 0 Å². The third kappa shape index (κ3) is 3.34. The first-order chi connectivity index (χ1) is 13.0. The van der Waals surface area contributed by atoms with Gasteiger partial charge in [-0.25, -0.2) is 0 Å². The molecular formula is C22H25N3O2. The Morgan fingerprint density at radius 3 is 2.56 bits per heavy atom. The van der Waals surface area contributed by atoms with Gasteiger partial charge in [0.2, 0.25) is 5.91 Å². The fourth-order valence-corrected chi connectivity index (χ4v) is 4.40. The molecule has 1 spiro atoms. The van der Waals surface area contributed by atoms with E-state index in [0.717, 1.165) is 36.1 Å². The number of amides is 2. The zero-order valence-electron chi connectivity index (χ0n) is 15.9. The van der Waals surface area contributed by atoms with E-state index in [9.17, 15) is 9.59 Å². The van der Waals surface area contributed by atoms with Crippen LogP contribution in [0.2, 0.25) is 0 Å². The minimum atomic E-state index is -0.186. The first-order valence-electron chi connectivity index (χ1n) is 9.57. The molecule has 3 heterocycles. The minimum absolute atomic E-state index is 0.0405. The van der Waals surface area contributed by atoms with E-state index < -0.39 is 0 Å². The molecular weight excluding hydrogens is 338 g/mol. The summed E-state index contributed by atoms with van der Waals surface area (Å²) < 4.78 is 0. The zero-order chi connectivity index (χ0) is 19.0. The van der Waals surface area contributed by atoms with Crippen LogP contribution in [-0.4, -0.2) is 40.3 Å². The molecule has 2 fully saturated rings. The zero-order valence-corrected chi connectivity index (χ0v) is 15.9. The number of piperidine rings is 1. The molecule has 2 saturated heterocycles. The SMILES string of the molecule is Cc1cc(C)c(C(=O)N2CCC3(CC2)CC(c2ccccc2)C(=O)N3)cn1. The van der Waals surface area contributed by atoms with E-state index in [1.165, 1.54) is 0 Å². The van der Waals surface area contributed by atoms with Crippen LogP contribution in [0.5, 0.6) is 0 Å². The van der Waals surface area contributed by atoms with Crippen LogP contribution in [-0.2, 0) is 4.79 Å². The number of nitrogens with one attached hydrogen (secondary N) is 1. The van der Waals surface area contributed by atoms with Crippen LogP contribution >= 0.6 is 0 Å². The van der Waals surface area contributed by atoms with E-state index in [0.29, 0.717) is 18.7 Å². The van der Waals surface area contributed by atoms with Gasteiger partial charge >= 0.3 is 0 Å². The van der Waals surface area contributed by atoms with E-state index in [1.807, 2.05) is 55.1 Å². The maximum absolute atomic E-state index is 12.9. The fraction of sp³-hybridized carbons (Fsp3) is 0.409. The van der Waals surface area contributed by atoms with E-state index in [1.54, 1.807) is 6.20 Å². The van der Waals surface area contributed by atoms with Crippen molar-refractivity contribution in [3.63, 3.8) is 0 Å². The number of hydrogen-bond acceptors (Lipinski definition) is 3. The molecule has 5 heteroatoms. The van der Waals surface area contributed by atoms with Crippen LogP contribution < -0.4 is 5.32 Å². The van der Waals surface area contributed by atoms with Crippen molar-refractivity contribution in [2.24, 2.45) is 0 Å². The number of aryl methyl sites for hydroxylation is 2. The molecule has 27 heavy (non-hydrogen) atoms. The molecule has 1 N–H and O–H groups in total. The number of likely N-dealkylation sites (tertiary alicyclic amines) is 1. The average molecular weight is 363 g/mol. The first-order valence-corrected chi connectivity index (χ1v) is 9.57. The number of aromatic nitrogens is 1. The van der Waals surface area contributed by atoms with Crippen molar-refractivity contribution in [2.75, 3.05) is 13.1 Å². The molecule has 4 rings (SSSR count). The molecule has 2 aliphatic heterocycles. The monoisotopic (exact) mass is 363 g/mol. The lowest BCUT2D eigenvalue weighted by molar-refractivity contribution is -0.121. The standard InChI is InChI=1S/C22H25N3O2/c1-15-12-16(2)23-14-19(15)21(27)25-10-8-22(9-11-25)13-18(20(26)24-22)17-6-4-3-5-7-17/h3-7,12,14,18H,8-11,13H2,1-2H3,(H,24,26). The smallest absolute Gasteiger partial charge is 0.255 e. The second-order valence-electron chi connectivity index (χ2n) is 7.87. The topological polar surface area (TPSA) is 62.3 Å². The van der Waals surface area contributed by atoms with Gasteiger partial charge in [-0.15, -0.1) is 0 Å². The molecule has 140 valence electrons. The Hall–Kier alpha value is -2.69. The molecule has 1 atom stereocenters. The Kier molecular flexibility index (Phi) is 4.46. The van der Waals surface area contributed by atoms with Gasteiger partial charge in [-0.05, 0) is 50.3 Å². The lowest BCUT2D eigenvalue weighted by Gasteiger charge is -2.39. The third-order valence-electron chi connectivity index (χ3n) is 5.99. The summed E-state index contributed by atoms with van der Waals surface area (Å²) in [5, 5.41) is 3.25. The summed E-state index contributed by atoms with van der Waals surface area (Å²) in [5.74, 6) is 0.0651. The van der Waals surface area contributed by atoms with Crippen LogP contribution in [0.15, 0.2) is 42.6 Å². The van der Waals surface area contributed by atoms with Crippen molar-refractivity contribution < 1.29 is 9.59 Å². The van der Waals surface area contributed by atoms with Gasteiger partial charge in [0.25, 0.3) is 5.91 Å². The molecule has 1 aromatic heterocycles. The van der Waals surface area contributed by atoms with Crippen LogP contribution in [0.1, 0.15) is 52.4 Å². The summed E-state index contributed by atoms with van der Waals surface area (Å²) in [4.78, 5) is 31.6. The lowest BCUT2D eigenvalue weighted by atomic mass is 9.82. The molecule has 0 bridgehead atoms. The highest BCUT2D eigenvalue weighted by molar-refractivity contribution is 5.95. The Morgan fingerprint density at radius 1 is 1.19 bits per heavy atom. The number of hydrogen-bond donors (Lipinski definition) is 1. The second-order valence-corrected chi connectivity index (χ2v) is 7.87. The molecule has 1 aromatic carbocycles. The number of nitrogens with zero attached hydrogens (tertiary/aromatic N) is 2. The second kappa shape index (κ2) is 6.80. The summed E-state index contributed by atoms with van der Waals surface area (Å²) >= 11 is 0. The van der Waals surface area contributed by atoms with Crippen LogP contribution in [0.3, 0.4) is 0 Å². The Labute approximate surface area is 159 Å². The molecule has 2 aliphatic rings. The number of rotatable bonds is 2. The third-order valence-corrected chi connectivity index (χ3v) is 5.99. The van der Waals surface area contributed by atoms with Crippen molar-refractivity contribution in [3.8, 4) is 0 Å². The first kappa shape index (κ1) is 17.7. The molecule has 0 aliphatic carbocycles. The van der Waals surface area contributed by atoms with E-state index >= 15 is 0 Å². The van der Waals surface area contributed by atoms with Gasteiger partial charge in [-0.2, -0.15) is 0 Å². The Bertz CT molecular complexity index is 870. The lowest BCUT2D eigenvalue weighted by Crippen LogP contribution is -2.52. The predicted octanol–water partition coefficient (Wildman–Crippen LogP) is 2.98. The van der Waals surface area contributed by atoms with Gasteiger partial charge in [0.05, 0.1) is 11.5 Å². The summed E-state index contributed by atoms with van der Waals surface area (Å²) in [6.45, 7) is 5.20. The average Bonchev–Trinajstić information content (AvgIpc) is 2.98. The maximum atomic E-state index is 12.9. The van der Waals surface area contributed by atoms with Gasteiger partial charge in [-0.1, -0.05) is 30.3 Å². The van der Waals surface area contributed by atoms with Crippen molar-refractivity contribution in [1.82, 2.24) is 15.2 Å². The predicted molar refractivity (Wildman–Crippen MR) is 104 cm³/mol. The number of carbonyl (C=O) groups is 2. The van der Waals surface area contributed by atoms with Crippen molar-refractivity contribution in [3.05, 3.63) is 65.0 Å². The normalized spacial score (nSPS) is 21.3. The summed E-state index contributed by atoms with van der Waals surface area (Å²) in [5.41, 5.74) is 3.45. The van der Waals surface area contributed by atoms with Gasteiger partial charge in [0, 0.05) is 30.5 Å². The van der Waals surface area contributed by atoms with Gasteiger partial charge < -0.3 is 10.2 Å². The number of pyridine rings is 1. The highest BCUT2D eigenvalue weighted by atomic mass is 16.2. The van der Waals surface area contributed by atoms with Crippen molar-refractivity contribution in [2.45, 2.75) is 44.6 Å². The Balaban J connectivity index is 1.44. The minimum Gasteiger partial charge on any atom is -0.350 e. The number of carbonyl (C=O) groups excluding carboxylic acids is 2. The molecule has 0 saturated carbocycles. The quantitative estimate of drug-likeness (QED) is 0.892. The van der Waals surface area contributed by atoms with Crippen LogP contribution in [0.25, 0.3) is 0 Å². The summed E-state index contributed by atoms with van der Waals surface area (Å²) in [6, 6.07) is 11.9. The van der Waals surface area contributed by atoms with Crippen molar-refractivity contribution >= 4 is 11.8 Å². The summed E-state index contributed by atoms with van der Waals surface area (Å²) in [6.07, 6.45) is 4.08. The van der Waals surface area contributed by atoms with E-state index in [-0.39, 0.29) is 23.3 Å². The van der Waals surface area contributed by atoms with Crippen LogP contribution in [0, 0.1) is 13.8 Å². The van der Waals surface area contributed by atoms with E-state index in [2.05, 4.69) is 10.3 Å². The molecule has 1 unspecified atom stereocenters. The molecule has 0 radical (unpaired) electrons. The number of benzene rings is 1. The molecule has 2 amide bonds. The highest BCUT2D eigenvalue weighted by Crippen LogP contribution is 2.39. The largest absolute Gasteiger partial charge is 0.350 e. The highest BCUT2D eigenvalue weighted by Gasteiger charge is 2.46. The van der Waals surface area contributed by atoms with Crippen molar-refractivity contribution in [1.29, 1.82) is 0 Å². The van der Waals surface area contributed by atoms with Crippen LogP contribution in [0.4, 0.5) is 0 Å². The van der Waals surface area contributed by atoms with E-state index in [4.69, 9.17) is 0 Å².